The molecule has 8 heteroatoms. The average Bonchev–Trinajstić information content (AvgIpc) is 3.23. The Bertz CT molecular complexity index is 1800. The molecule has 1 aliphatic heterocycles. The number of hydrogen-bond donors (Lipinski definition) is 1. The van der Waals surface area contributed by atoms with Gasteiger partial charge in [0.2, 0.25) is 0 Å². The predicted molar refractivity (Wildman–Crippen MR) is 162 cm³/mol. The van der Waals surface area contributed by atoms with Crippen LogP contribution >= 0.6 is 11.3 Å². The molecule has 40 heavy (non-hydrogen) atoms. The molecule has 7 nitrogen and oxygen atoms in total. The number of aryl methyl sites for hydroxylation is 2. The van der Waals surface area contributed by atoms with Crippen molar-refractivity contribution in [1.29, 1.82) is 0 Å². The molecule has 0 radical (unpaired) electrons. The summed E-state index contributed by atoms with van der Waals surface area (Å²) in [5.74, 6) is 0.405. The highest BCUT2D eigenvalue weighted by molar-refractivity contribution is 7.07. The zero-order chi connectivity index (χ0) is 28.6. The summed E-state index contributed by atoms with van der Waals surface area (Å²) < 4.78 is 7.55. The zero-order valence-corrected chi connectivity index (χ0v) is 24.3. The van der Waals surface area contributed by atoms with E-state index in [1.54, 1.807) is 11.7 Å². The molecule has 0 spiro atoms. The van der Waals surface area contributed by atoms with E-state index in [-0.39, 0.29) is 11.5 Å². The zero-order valence-electron chi connectivity index (χ0n) is 23.5. The van der Waals surface area contributed by atoms with Gasteiger partial charge in [0.25, 0.3) is 11.5 Å². The first-order valence-electron chi connectivity index (χ1n) is 13.0. The third-order valence-corrected chi connectivity index (χ3v) is 8.02. The van der Waals surface area contributed by atoms with Gasteiger partial charge >= 0.3 is 0 Å². The summed E-state index contributed by atoms with van der Waals surface area (Å²) in [6.07, 6.45) is 1.88. The van der Waals surface area contributed by atoms with Crippen molar-refractivity contribution >= 4 is 34.7 Å². The number of nitrogens with one attached hydrogen (secondary N) is 1. The number of amides is 1. The van der Waals surface area contributed by atoms with Crippen LogP contribution in [0.25, 0.3) is 6.08 Å². The van der Waals surface area contributed by atoms with Crippen molar-refractivity contribution < 1.29 is 9.53 Å². The van der Waals surface area contributed by atoms with Crippen LogP contribution in [-0.2, 0) is 4.79 Å². The van der Waals surface area contributed by atoms with Gasteiger partial charge < -0.3 is 15.0 Å². The average molecular weight is 553 g/mol. The second-order valence-electron chi connectivity index (χ2n) is 10.1. The van der Waals surface area contributed by atoms with E-state index in [0.717, 1.165) is 33.6 Å². The SMILES string of the molecule is COc1ccc([C@@H]2C(C(=O)Nc3ccc(C)cc3C)=C(C)N=c3s/c(=C/c4ccc(N(C)C)cc4)c(=O)n32)cc1. The number of aromatic nitrogens is 1. The lowest BCUT2D eigenvalue weighted by Gasteiger charge is -2.25. The first-order chi connectivity index (χ1) is 19.2. The number of carbonyl (C=O) groups excluding carboxylic acids is 1. The summed E-state index contributed by atoms with van der Waals surface area (Å²) >= 11 is 1.33. The second kappa shape index (κ2) is 11.0. The van der Waals surface area contributed by atoms with Crippen LogP contribution in [0.3, 0.4) is 0 Å². The summed E-state index contributed by atoms with van der Waals surface area (Å²) in [4.78, 5) is 35.1. The van der Waals surface area contributed by atoms with E-state index in [1.807, 2.05) is 113 Å². The normalized spacial score (nSPS) is 14.9. The van der Waals surface area contributed by atoms with E-state index in [2.05, 4.69) is 5.32 Å². The Morgan fingerprint density at radius 1 is 1.02 bits per heavy atom. The Labute approximate surface area is 237 Å². The van der Waals surface area contributed by atoms with E-state index in [9.17, 15) is 9.59 Å². The van der Waals surface area contributed by atoms with Gasteiger partial charge in [-0.3, -0.25) is 14.2 Å². The molecule has 0 aliphatic carbocycles. The number of rotatable bonds is 6. The fraction of sp³-hybridized carbons (Fsp3) is 0.219. The van der Waals surface area contributed by atoms with Crippen LogP contribution in [0.2, 0.25) is 0 Å². The quantitative estimate of drug-likeness (QED) is 0.381. The number of thiazole rings is 1. The van der Waals surface area contributed by atoms with Crippen LogP contribution in [0.4, 0.5) is 11.4 Å². The van der Waals surface area contributed by atoms with Crippen LogP contribution < -0.4 is 29.8 Å². The summed E-state index contributed by atoms with van der Waals surface area (Å²) in [6.45, 7) is 5.80. The third-order valence-electron chi connectivity index (χ3n) is 7.04. The van der Waals surface area contributed by atoms with Crippen molar-refractivity contribution in [2.75, 3.05) is 31.4 Å². The monoisotopic (exact) mass is 552 g/mol. The van der Waals surface area contributed by atoms with E-state index in [1.165, 1.54) is 11.3 Å². The molecule has 3 aromatic carbocycles. The number of carbonyl (C=O) groups is 1. The summed E-state index contributed by atoms with van der Waals surface area (Å²) in [7, 11) is 5.58. The van der Waals surface area contributed by atoms with Crippen molar-refractivity contribution in [3.05, 3.63) is 120 Å². The minimum Gasteiger partial charge on any atom is -0.497 e. The number of nitrogens with zero attached hydrogens (tertiary/aromatic N) is 3. The van der Waals surface area contributed by atoms with E-state index < -0.39 is 6.04 Å². The van der Waals surface area contributed by atoms with Gasteiger partial charge in [0.05, 0.1) is 29.0 Å². The molecule has 4 aromatic rings. The minimum atomic E-state index is -0.647. The first-order valence-corrected chi connectivity index (χ1v) is 13.8. The molecule has 204 valence electrons. The Morgan fingerprint density at radius 2 is 1.73 bits per heavy atom. The maximum atomic E-state index is 13.9. The molecule has 0 fully saturated rings. The fourth-order valence-electron chi connectivity index (χ4n) is 4.88. The molecule has 1 aromatic heterocycles. The molecular weight excluding hydrogens is 520 g/mol. The van der Waals surface area contributed by atoms with Gasteiger partial charge in [-0.05, 0) is 73.9 Å². The van der Waals surface area contributed by atoms with Crippen LogP contribution in [0, 0.1) is 13.8 Å². The molecule has 0 saturated carbocycles. The number of ether oxygens (including phenoxy) is 1. The summed E-state index contributed by atoms with van der Waals surface area (Å²) in [6, 6.07) is 20.7. The minimum absolute atomic E-state index is 0.189. The number of fused-ring (bicyclic) bond motifs is 1. The van der Waals surface area contributed by atoms with Crippen molar-refractivity contribution in [2.24, 2.45) is 4.99 Å². The smallest absolute Gasteiger partial charge is 0.271 e. The molecule has 1 N–H and O–H groups in total. The lowest BCUT2D eigenvalue weighted by atomic mass is 9.95. The predicted octanol–water partition coefficient (Wildman–Crippen LogP) is 4.57. The highest BCUT2D eigenvalue weighted by Gasteiger charge is 2.32. The maximum Gasteiger partial charge on any atom is 0.271 e. The molecule has 0 unspecified atom stereocenters. The van der Waals surface area contributed by atoms with Crippen molar-refractivity contribution in [2.45, 2.75) is 26.8 Å². The highest BCUT2D eigenvalue weighted by atomic mass is 32.1. The fourth-order valence-corrected chi connectivity index (χ4v) is 5.92. The van der Waals surface area contributed by atoms with E-state index in [0.29, 0.717) is 26.4 Å². The number of allylic oxidation sites excluding steroid dienone is 1. The van der Waals surface area contributed by atoms with Crippen molar-refractivity contribution in [1.82, 2.24) is 4.57 Å². The van der Waals surface area contributed by atoms with Crippen LogP contribution in [-0.4, -0.2) is 31.7 Å². The number of benzene rings is 3. The number of hydrogen-bond acceptors (Lipinski definition) is 6. The third kappa shape index (κ3) is 5.22. The molecule has 5 rings (SSSR count). The lowest BCUT2D eigenvalue weighted by Crippen LogP contribution is -2.40. The first kappa shape index (κ1) is 27.1. The molecule has 2 heterocycles. The van der Waals surface area contributed by atoms with Gasteiger partial charge in [0.1, 0.15) is 5.75 Å². The van der Waals surface area contributed by atoms with Crippen LogP contribution in [0.1, 0.15) is 35.2 Å². The molecular formula is C32H32N4O3S. The molecule has 0 bridgehead atoms. The largest absolute Gasteiger partial charge is 0.497 e. The van der Waals surface area contributed by atoms with Gasteiger partial charge in [-0.2, -0.15) is 0 Å². The number of anilines is 2. The molecule has 1 amide bonds. The Balaban J connectivity index is 1.63. The van der Waals surface area contributed by atoms with Crippen molar-refractivity contribution in [3.63, 3.8) is 0 Å². The van der Waals surface area contributed by atoms with Gasteiger partial charge in [-0.15, -0.1) is 0 Å². The molecule has 0 saturated heterocycles. The van der Waals surface area contributed by atoms with Gasteiger partial charge in [-0.1, -0.05) is 53.3 Å². The Morgan fingerprint density at radius 3 is 2.35 bits per heavy atom. The van der Waals surface area contributed by atoms with Crippen LogP contribution in [0.15, 0.2) is 87.8 Å². The maximum absolute atomic E-state index is 13.9. The number of methoxy groups -OCH3 is 1. The molecule has 1 aliphatic rings. The lowest BCUT2D eigenvalue weighted by molar-refractivity contribution is -0.113. The Hall–Kier alpha value is -4.43. The van der Waals surface area contributed by atoms with E-state index >= 15 is 0 Å². The van der Waals surface area contributed by atoms with Gasteiger partial charge in [0.15, 0.2) is 4.80 Å². The van der Waals surface area contributed by atoms with Crippen molar-refractivity contribution in [3.8, 4) is 5.75 Å². The standard InChI is InChI=1S/C32H32N4O3S/c1-19-7-16-26(20(2)17-19)34-30(37)28-21(3)33-32-36(29(28)23-10-14-25(39-6)15-11-23)31(38)27(40-32)18-22-8-12-24(13-9-22)35(4)5/h7-18,29H,1-6H3,(H,34,37)/b27-18+/t29-/m1/s1. The second-order valence-corrected chi connectivity index (χ2v) is 11.1. The summed E-state index contributed by atoms with van der Waals surface area (Å²) in [5.41, 5.74) is 6.41. The summed E-state index contributed by atoms with van der Waals surface area (Å²) in [5, 5.41) is 3.07. The molecule has 1 atom stereocenters. The van der Waals surface area contributed by atoms with Gasteiger partial charge in [0, 0.05) is 25.5 Å². The van der Waals surface area contributed by atoms with Crippen LogP contribution in [0.5, 0.6) is 5.75 Å². The highest BCUT2D eigenvalue weighted by Crippen LogP contribution is 2.32. The topological polar surface area (TPSA) is 75.9 Å². The van der Waals surface area contributed by atoms with Gasteiger partial charge in [-0.25, -0.2) is 4.99 Å². The van der Waals surface area contributed by atoms with E-state index in [4.69, 9.17) is 9.73 Å². The Kier molecular flexibility index (Phi) is 7.45.